The normalized spacial score (nSPS) is 18.9. The number of hydrogen-bond donors (Lipinski definition) is 1. The molecule has 1 saturated heterocycles. The quantitative estimate of drug-likeness (QED) is 0.421. The predicted molar refractivity (Wildman–Crippen MR) is 111 cm³/mol. The minimum atomic E-state index is -0.660. The number of halogens is 1. The van der Waals surface area contributed by atoms with Crippen LogP contribution in [0.3, 0.4) is 0 Å². The molecule has 6 nitrogen and oxygen atoms in total. The number of carbonyl (C=O) groups excluding carboxylic acids is 2. The van der Waals surface area contributed by atoms with E-state index in [0.29, 0.717) is 12.1 Å². The fraction of sp³-hybridized carbons (Fsp3) is 0.286. The number of benzene rings is 1. The van der Waals surface area contributed by atoms with E-state index >= 15 is 0 Å². The number of ketones is 1. The van der Waals surface area contributed by atoms with Crippen molar-refractivity contribution in [1.82, 2.24) is 14.8 Å². The van der Waals surface area contributed by atoms with Crippen molar-refractivity contribution in [3.63, 3.8) is 0 Å². The van der Waals surface area contributed by atoms with Crippen LogP contribution in [-0.4, -0.2) is 58.8 Å². The zero-order valence-corrected chi connectivity index (χ0v) is 17.4. The number of rotatable bonds is 6. The van der Waals surface area contributed by atoms with Gasteiger partial charge in [0.15, 0.2) is 0 Å². The Kier molecular flexibility index (Phi) is 6.26. The van der Waals surface area contributed by atoms with E-state index in [2.05, 4.69) is 20.9 Å². The number of likely N-dealkylation sites (tertiary alicyclic amines) is 1. The molecule has 1 N–H and O–H groups in total. The molecule has 0 aliphatic carbocycles. The predicted octanol–water partition coefficient (Wildman–Crippen LogP) is 3.22. The van der Waals surface area contributed by atoms with Crippen LogP contribution in [0, 0.1) is 0 Å². The van der Waals surface area contributed by atoms with Gasteiger partial charge in [-0.05, 0) is 56.9 Å². The lowest BCUT2D eigenvalue weighted by molar-refractivity contribution is -0.139. The second kappa shape index (κ2) is 8.67. The Balaban J connectivity index is 2.07. The fourth-order valence-electron chi connectivity index (χ4n) is 3.32. The van der Waals surface area contributed by atoms with E-state index in [-0.39, 0.29) is 11.3 Å². The summed E-state index contributed by atoms with van der Waals surface area (Å²) in [7, 11) is 3.92. The number of aliphatic hydroxyl groups is 1. The molecule has 28 heavy (non-hydrogen) atoms. The maximum Gasteiger partial charge on any atom is 0.295 e. The van der Waals surface area contributed by atoms with Crippen molar-refractivity contribution in [2.45, 2.75) is 12.5 Å². The van der Waals surface area contributed by atoms with Gasteiger partial charge >= 0.3 is 0 Å². The van der Waals surface area contributed by atoms with Crippen LogP contribution in [0.5, 0.6) is 0 Å². The van der Waals surface area contributed by atoms with Crippen molar-refractivity contribution >= 4 is 33.4 Å². The number of nitrogens with zero attached hydrogens (tertiary/aromatic N) is 3. The van der Waals surface area contributed by atoms with Gasteiger partial charge in [0.2, 0.25) is 0 Å². The van der Waals surface area contributed by atoms with Crippen LogP contribution in [0.1, 0.15) is 23.6 Å². The molecule has 1 aromatic carbocycles. The van der Waals surface area contributed by atoms with E-state index in [1.807, 2.05) is 43.3 Å². The summed E-state index contributed by atoms with van der Waals surface area (Å²) >= 11 is 3.41. The van der Waals surface area contributed by atoms with Gasteiger partial charge in [0, 0.05) is 29.0 Å². The summed E-state index contributed by atoms with van der Waals surface area (Å²) in [6, 6.07) is 10.1. The van der Waals surface area contributed by atoms with Gasteiger partial charge in [-0.1, -0.05) is 28.1 Å². The van der Waals surface area contributed by atoms with Crippen molar-refractivity contribution in [1.29, 1.82) is 0 Å². The SMILES string of the molecule is CN(C)CCCN1C(=O)C(=O)C(=C(O)c2ccncc2)[C@H]1c1ccc(Br)cc1. The first-order chi connectivity index (χ1) is 13.4. The molecule has 0 bridgehead atoms. The first-order valence-corrected chi connectivity index (χ1v) is 9.78. The van der Waals surface area contributed by atoms with Crippen molar-refractivity contribution in [2.75, 3.05) is 27.2 Å². The van der Waals surface area contributed by atoms with E-state index in [1.165, 1.54) is 12.4 Å². The third kappa shape index (κ3) is 4.15. The zero-order chi connectivity index (χ0) is 20.3. The Morgan fingerprint density at radius 1 is 1.14 bits per heavy atom. The number of amides is 1. The molecule has 0 saturated carbocycles. The van der Waals surface area contributed by atoms with E-state index in [0.717, 1.165) is 23.0 Å². The molecule has 0 spiro atoms. The van der Waals surface area contributed by atoms with Gasteiger partial charge in [-0.2, -0.15) is 0 Å². The molecule has 1 aliphatic rings. The van der Waals surface area contributed by atoms with Crippen LogP contribution < -0.4 is 0 Å². The molecular formula is C21H22BrN3O3. The average molecular weight is 444 g/mol. The highest BCUT2D eigenvalue weighted by Gasteiger charge is 2.45. The van der Waals surface area contributed by atoms with Crippen LogP contribution in [0.25, 0.3) is 5.76 Å². The van der Waals surface area contributed by atoms with Gasteiger partial charge in [-0.15, -0.1) is 0 Å². The summed E-state index contributed by atoms with van der Waals surface area (Å²) in [5.74, 6) is -1.42. The second-order valence-electron chi connectivity index (χ2n) is 6.94. The molecule has 0 radical (unpaired) electrons. The zero-order valence-electron chi connectivity index (χ0n) is 15.8. The van der Waals surface area contributed by atoms with Crippen molar-refractivity contribution in [2.24, 2.45) is 0 Å². The first-order valence-electron chi connectivity index (χ1n) is 8.99. The van der Waals surface area contributed by atoms with Gasteiger partial charge in [0.25, 0.3) is 11.7 Å². The maximum absolute atomic E-state index is 12.8. The van der Waals surface area contributed by atoms with E-state index in [4.69, 9.17) is 0 Å². The van der Waals surface area contributed by atoms with Gasteiger partial charge in [-0.3, -0.25) is 14.6 Å². The van der Waals surface area contributed by atoms with E-state index in [1.54, 1.807) is 17.0 Å². The highest BCUT2D eigenvalue weighted by molar-refractivity contribution is 9.10. The largest absolute Gasteiger partial charge is 0.507 e. The van der Waals surface area contributed by atoms with Gasteiger partial charge in [-0.25, -0.2) is 0 Å². The van der Waals surface area contributed by atoms with Crippen LogP contribution in [-0.2, 0) is 9.59 Å². The summed E-state index contributed by atoms with van der Waals surface area (Å²) < 4.78 is 0.898. The summed E-state index contributed by atoms with van der Waals surface area (Å²) in [6.07, 6.45) is 3.80. The topological polar surface area (TPSA) is 73.7 Å². The first kappa shape index (κ1) is 20.2. The number of pyridine rings is 1. The molecule has 2 heterocycles. The van der Waals surface area contributed by atoms with Crippen LogP contribution in [0.2, 0.25) is 0 Å². The van der Waals surface area contributed by atoms with Crippen molar-refractivity contribution in [3.05, 3.63) is 70.0 Å². The van der Waals surface area contributed by atoms with Crippen LogP contribution >= 0.6 is 15.9 Å². The molecule has 1 atom stereocenters. The van der Waals surface area contributed by atoms with Crippen LogP contribution in [0.4, 0.5) is 0 Å². The minimum absolute atomic E-state index is 0.114. The molecule has 1 aromatic heterocycles. The molecule has 0 unspecified atom stereocenters. The highest BCUT2D eigenvalue weighted by atomic mass is 79.9. The second-order valence-corrected chi connectivity index (χ2v) is 7.85. The third-order valence-corrected chi connectivity index (χ3v) is 5.21. The minimum Gasteiger partial charge on any atom is -0.507 e. The van der Waals surface area contributed by atoms with Crippen molar-refractivity contribution in [3.8, 4) is 0 Å². The summed E-state index contributed by atoms with van der Waals surface area (Å²) in [4.78, 5) is 33.1. The Bertz CT molecular complexity index is 895. The molecule has 7 heteroatoms. The molecule has 3 rings (SSSR count). The van der Waals surface area contributed by atoms with Gasteiger partial charge in [0.05, 0.1) is 11.6 Å². The average Bonchev–Trinajstić information content (AvgIpc) is 2.93. The number of Topliss-reactive ketones (excluding diaryl/α,β-unsaturated/α-hetero) is 1. The molecule has 1 amide bonds. The van der Waals surface area contributed by atoms with Gasteiger partial charge in [0.1, 0.15) is 5.76 Å². The Morgan fingerprint density at radius 3 is 2.39 bits per heavy atom. The highest BCUT2D eigenvalue weighted by Crippen LogP contribution is 2.39. The van der Waals surface area contributed by atoms with Crippen molar-refractivity contribution < 1.29 is 14.7 Å². The Morgan fingerprint density at radius 2 is 1.79 bits per heavy atom. The fourth-order valence-corrected chi connectivity index (χ4v) is 3.59. The van der Waals surface area contributed by atoms with E-state index in [9.17, 15) is 14.7 Å². The summed E-state index contributed by atoms with van der Waals surface area (Å²) in [5.41, 5.74) is 1.36. The standard InChI is InChI=1S/C21H22BrN3O3/c1-24(2)12-3-13-25-18(14-4-6-16(22)7-5-14)17(20(27)21(25)28)19(26)15-8-10-23-11-9-15/h4-11,18,26H,3,12-13H2,1-2H3/t18-/m1/s1. The van der Waals surface area contributed by atoms with Crippen LogP contribution in [0.15, 0.2) is 58.8 Å². The van der Waals surface area contributed by atoms with E-state index < -0.39 is 17.7 Å². The Hall–Kier alpha value is -2.51. The molecule has 1 fully saturated rings. The lowest BCUT2D eigenvalue weighted by atomic mass is 9.95. The number of carbonyl (C=O) groups is 2. The molecular weight excluding hydrogens is 422 g/mol. The maximum atomic E-state index is 12.8. The monoisotopic (exact) mass is 443 g/mol. The molecule has 146 valence electrons. The van der Waals surface area contributed by atoms with Gasteiger partial charge < -0.3 is 14.9 Å². The molecule has 2 aromatic rings. The third-order valence-electron chi connectivity index (χ3n) is 4.68. The molecule has 1 aliphatic heterocycles. The number of aliphatic hydroxyl groups excluding tert-OH is 1. The Labute approximate surface area is 172 Å². The lowest BCUT2D eigenvalue weighted by Gasteiger charge is -2.26. The summed E-state index contributed by atoms with van der Waals surface area (Å²) in [6.45, 7) is 1.22. The summed E-state index contributed by atoms with van der Waals surface area (Å²) in [5, 5.41) is 10.9. The smallest absolute Gasteiger partial charge is 0.295 e. The number of hydrogen-bond acceptors (Lipinski definition) is 5. The number of aromatic nitrogens is 1. The lowest BCUT2D eigenvalue weighted by Crippen LogP contribution is -2.32.